The number of carboxylic acids is 1. The first-order valence-electron chi connectivity index (χ1n) is 7.29. The fourth-order valence-corrected chi connectivity index (χ4v) is 3.54. The zero-order chi connectivity index (χ0) is 18.1. The van der Waals surface area contributed by atoms with Gasteiger partial charge in [-0.3, -0.25) is 9.48 Å². The molecule has 0 saturated heterocycles. The highest BCUT2D eigenvalue weighted by Crippen LogP contribution is 2.36. The van der Waals surface area contributed by atoms with Crippen LogP contribution in [0.5, 0.6) is 0 Å². The highest BCUT2D eigenvalue weighted by Gasteiger charge is 2.23. The third kappa shape index (κ3) is 3.29. The van der Waals surface area contributed by atoms with Crippen LogP contribution in [0.3, 0.4) is 0 Å². The second-order valence-electron chi connectivity index (χ2n) is 5.42. The molecule has 0 saturated carbocycles. The zero-order valence-electron chi connectivity index (χ0n) is 13.4. The van der Waals surface area contributed by atoms with Gasteiger partial charge < -0.3 is 10.4 Å². The van der Waals surface area contributed by atoms with Crippen molar-refractivity contribution in [2.24, 2.45) is 7.05 Å². The predicted octanol–water partition coefficient (Wildman–Crippen LogP) is 3.55. The molecule has 0 aliphatic rings. The van der Waals surface area contributed by atoms with Crippen molar-refractivity contribution in [2.75, 3.05) is 5.32 Å². The van der Waals surface area contributed by atoms with Gasteiger partial charge in [0.15, 0.2) is 0 Å². The average molecular weight is 359 g/mol. The molecule has 128 valence electrons. The molecule has 0 aliphatic heterocycles. The van der Waals surface area contributed by atoms with E-state index in [1.165, 1.54) is 29.5 Å². The molecule has 8 heteroatoms. The van der Waals surface area contributed by atoms with E-state index in [9.17, 15) is 19.1 Å². The van der Waals surface area contributed by atoms with Gasteiger partial charge in [-0.2, -0.15) is 5.10 Å². The predicted molar refractivity (Wildman–Crippen MR) is 92.6 cm³/mol. The SMILES string of the molecule is Cc1cc(-c2scc(NC(=O)c3cccc(F)c3)c2C(=O)O)n(C)n1. The van der Waals surface area contributed by atoms with Crippen molar-refractivity contribution >= 4 is 28.9 Å². The van der Waals surface area contributed by atoms with Gasteiger partial charge in [-0.1, -0.05) is 6.07 Å². The van der Waals surface area contributed by atoms with E-state index < -0.39 is 17.7 Å². The molecule has 2 heterocycles. The summed E-state index contributed by atoms with van der Waals surface area (Å²) in [4.78, 5) is 24.5. The number of aromatic carboxylic acids is 1. The number of rotatable bonds is 4. The van der Waals surface area contributed by atoms with Gasteiger partial charge in [-0.05, 0) is 31.2 Å². The lowest BCUT2D eigenvalue weighted by molar-refractivity contribution is 0.0699. The van der Waals surface area contributed by atoms with Crippen LogP contribution in [-0.2, 0) is 7.05 Å². The molecule has 0 radical (unpaired) electrons. The summed E-state index contributed by atoms with van der Waals surface area (Å²) in [5, 5.41) is 17.9. The first-order chi connectivity index (χ1) is 11.9. The highest BCUT2D eigenvalue weighted by molar-refractivity contribution is 7.14. The number of anilines is 1. The Labute approximate surface area is 146 Å². The van der Waals surface area contributed by atoms with Gasteiger partial charge in [0, 0.05) is 18.0 Å². The van der Waals surface area contributed by atoms with E-state index in [2.05, 4.69) is 10.4 Å². The number of carbonyl (C=O) groups excluding carboxylic acids is 1. The number of nitrogens with one attached hydrogen (secondary N) is 1. The number of carbonyl (C=O) groups is 2. The third-order valence-electron chi connectivity index (χ3n) is 3.57. The summed E-state index contributed by atoms with van der Waals surface area (Å²) in [6.07, 6.45) is 0. The molecule has 0 unspecified atom stereocenters. The van der Waals surface area contributed by atoms with Crippen LogP contribution in [0.15, 0.2) is 35.7 Å². The lowest BCUT2D eigenvalue weighted by Crippen LogP contribution is -2.14. The molecule has 3 rings (SSSR count). The third-order valence-corrected chi connectivity index (χ3v) is 4.58. The molecule has 1 aromatic carbocycles. The minimum absolute atomic E-state index is 0.0160. The van der Waals surface area contributed by atoms with E-state index in [-0.39, 0.29) is 16.8 Å². The largest absolute Gasteiger partial charge is 0.478 e. The highest BCUT2D eigenvalue weighted by atomic mass is 32.1. The molecule has 25 heavy (non-hydrogen) atoms. The zero-order valence-corrected chi connectivity index (χ0v) is 14.2. The van der Waals surface area contributed by atoms with Crippen LogP contribution in [0.2, 0.25) is 0 Å². The fourth-order valence-electron chi connectivity index (χ4n) is 2.50. The monoisotopic (exact) mass is 359 g/mol. The second-order valence-corrected chi connectivity index (χ2v) is 6.30. The van der Waals surface area contributed by atoms with E-state index in [1.54, 1.807) is 23.2 Å². The molecule has 1 amide bonds. The van der Waals surface area contributed by atoms with Crippen LogP contribution in [0, 0.1) is 12.7 Å². The van der Waals surface area contributed by atoms with Gasteiger partial charge in [0.25, 0.3) is 5.91 Å². The van der Waals surface area contributed by atoms with Crippen molar-refractivity contribution in [3.63, 3.8) is 0 Å². The lowest BCUT2D eigenvalue weighted by atomic mass is 10.1. The van der Waals surface area contributed by atoms with E-state index >= 15 is 0 Å². The Morgan fingerprint density at radius 1 is 1.32 bits per heavy atom. The van der Waals surface area contributed by atoms with Crippen molar-refractivity contribution in [1.82, 2.24) is 9.78 Å². The minimum Gasteiger partial charge on any atom is -0.478 e. The average Bonchev–Trinajstić information content (AvgIpc) is 3.10. The van der Waals surface area contributed by atoms with Crippen molar-refractivity contribution in [1.29, 1.82) is 0 Å². The first kappa shape index (κ1) is 16.8. The summed E-state index contributed by atoms with van der Waals surface area (Å²) >= 11 is 1.19. The number of nitrogens with zero attached hydrogens (tertiary/aromatic N) is 2. The van der Waals surface area contributed by atoms with Gasteiger partial charge in [-0.25, -0.2) is 9.18 Å². The van der Waals surface area contributed by atoms with Crippen LogP contribution in [-0.4, -0.2) is 26.8 Å². The van der Waals surface area contributed by atoms with Crippen LogP contribution in [0.25, 0.3) is 10.6 Å². The Morgan fingerprint density at radius 3 is 2.68 bits per heavy atom. The molecule has 2 aromatic heterocycles. The number of hydrogen-bond donors (Lipinski definition) is 2. The number of carboxylic acid groups (broad SMARTS) is 1. The number of hydrogen-bond acceptors (Lipinski definition) is 4. The maximum Gasteiger partial charge on any atom is 0.339 e. The van der Waals surface area contributed by atoms with Gasteiger partial charge in [0.2, 0.25) is 0 Å². The summed E-state index contributed by atoms with van der Waals surface area (Å²) < 4.78 is 14.9. The maximum atomic E-state index is 13.3. The summed E-state index contributed by atoms with van der Waals surface area (Å²) in [5.41, 5.74) is 1.66. The van der Waals surface area contributed by atoms with Gasteiger partial charge in [-0.15, -0.1) is 11.3 Å². The Bertz CT molecular complexity index is 977. The molecule has 0 atom stereocenters. The Kier molecular flexibility index (Phi) is 4.37. The molecule has 0 bridgehead atoms. The number of halogens is 1. The van der Waals surface area contributed by atoms with E-state index in [4.69, 9.17) is 0 Å². The van der Waals surface area contributed by atoms with E-state index in [0.29, 0.717) is 10.6 Å². The number of thiophene rings is 1. The van der Waals surface area contributed by atoms with Gasteiger partial charge in [0.1, 0.15) is 11.4 Å². The molecule has 0 fully saturated rings. The summed E-state index contributed by atoms with van der Waals surface area (Å²) in [7, 11) is 1.72. The number of aromatic nitrogens is 2. The van der Waals surface area contributed by atoms with Gasteiger partial charge in [0.05, 0.1) is 22.0 Å². The number of amides is 1. The normalized spacial score (nSPS) is 10.7. The second kappa shape index (κ2) is 6.48. The van der Waals surface area contributed by atoms with E-state index in [0.717, 1.165) is 11.8 Å². The Morgan fingerprint density at radius 2 is 2.08 bits per heavy atom. The smallest absolute Gasteiger partial charge is 0.339 e. The summed E-state index contributed by atoms with van der Waals surface area (Å²) in [6, 6.07) is 6.97. The topological polar surface area (TPSA) is 84.2 Å². The molecule has 0 spiro atoms. The van der Waals surface area contributed by atoms with Crippen molar-refractivity contribution < 1.29 is 19.1 Å². The van der Waals surface area contributed by atoms with E-state index in [1.807, 2.05) is 6.92 Å². The summed E-state index contributed by atoms with van der Waals surface area (Å²) in [5.74, 6) is -2.28. The standard InChI is InChI=1S/C17H14FN3O3S/c1-9-6-13(21(2)20-9)15-14(17(23)24)12(8-25-15)19-16(22)10-4-3-5-11(18)7-10/h3-8H,1-2H3,(H,19,22)(H,23,24). The number of benzene rings is 1. The van der Waals surface area contributed by atoms with Gasteiger partial charge >= 0.3 is 5.97 Å². The first-order valence-corrected chi connectivity index (χ1v) is 8.17. The maximum absolute atomic E-state index is 13.3. The number of aryl methyl sites for hydroxylation is 2. The van der Waals surface area contributed by atoms with Crippen LogP contribution in [0.4, 0.5) is 10.1 Å². The molecular formula is C17H14FN3O3S. The molecular weight excluding hydrogens is 345 g/mol. The van der Waals surface area contributed by atoms with Crippen LogP contribution >= 0.6 is 11.3 Å². The molecule has 6 nitrogen and oxygen atoms in total. The van der Waals surface area contributed by atoms with Crippen LogP contribution in [0.1, 0.15) is 26.4 Å². The summed E-state index contributed by atoms with van der Waals surface area (Å²) in [6.45, 7) is 1.81. The molecule has 2 N–H and O–H groups in total. The molecule has 3 aromatic rings. The molecule has 0 aliphatic carbocycles. The quantitative estimate of drug-likeness (QED) is 0.746. The lowest BCUT2D eigenvalue weighted by Gasteiger charge is -2.06. The van der Waals surface area contributed by atoms with Crippen molar-refractivity contribution in [3.8, 4) is 10.6 Å². The Balaban J connectivity index is 1.99. The van der Waals surface area contributed by atoms with Crippen LogP contribution < -0.4 is 5.32 Å². The van der Waals surface area contributed by atoms with Crippen molar-refractivity contribution in [3.05, 3.63) is 58.3 Å². The van der Waals surface area contributed by atoms with Crippen molar-refractivity contribution in [2.45, 2.75) is 6.92 Å². The minimum atomic E-state index is -1.16. The Hall–Kier alpha value is -3.00. The fraction of sp³-hybridized carbons (Fsp3) is 0.118.